The second kappa shape index (κ2) is 5.82. The summed E-state index contributed by atoms with van der Waals surface area (Å²) in [5, 5.41) is 8.14. The smallest absolute Gasteiger partial charge is 0.127 e. The SMILES string of the molecule is CN(CC1CCCOC1)C(=N)c1ccccc1. The predicted molar refractivity (Wildman–Crippen MR) is 69.4 cm³/mol. The Kier molecular flexibility index (Phi) is 4.15. The fraction of sp³-hybridized carbons (Fsp3) is 0.500. The molecule has 1 aliphatic rings. The Morgan fingerprint density at radius 1 is 1.41 bits per heavy atom. The summed E-state index contributed by atoms with van der Waals surface area (Å²) in [4.78, 5) is 2.02. The van der Waals surface area contributed by atoms with Crippen molar-refractivity contribution in [2.24, 2.45) is 5.92 Å². The van der Waals surface area contributed by atoms with Gasteiger partial charge in [0.05, 0.1) is 6.61 Å². The average Bonchev–Trinajstić information content (AvgIpc) is 2.40. The van der Waals surface area contributed by atoms with Crippen molar-refractivity contribution in [2.45, 2.75) is 12.8 Å². The maximum absolute atomic E-state index is 8.14. The predicted octanol–water partition coefficient (Wildman–Crippen LogP) is 2.37. The lowest BCUT2D eigenvalue weighted by Gasteiger charge is -2.28. The minimum absolute atomic E-state index is 0.567. The monoisotopic (exact) mass is 232 g/mol. The van der Waals surface area contributed by atoms with E-state index in [0.717, 1.165) is 31.7 Å². The topological polar surface area (TPSA) is 36.3 Å². The van der Waals surface area contributed by atoms with E-state index in [9.17, 15) is 0 Å². The van der Waals surface area contributed by atoms with Crippen molar-refractivity contribution in [1.82, 2.24) is 4.90 Å². The van der Waals surface area contributed by atoms with Crippen LogP contribution in [0.15, 0.2) is 30.3 Å². The Hall–Kier alpha value is -1.35. The Bertz CT molecular complexity index is 358. The number of nitrogens with zero attached hydrogens (tertiary/aromatic N) is 1. The first-order valence-electron chi connectivity index (χ1n) is 6.20. The molecule has 0 bridgehead atoms. The Balaban J connectivity index is 1.91. The molecule has 3 heteroatoms. The summed E-state index contributed by atoms with van der Waals surface area (Å²) in [6, 6.07) is 9.89. The molecule has 3 nitrogen and oxygen atoms in total. The summed E-state index contributed by atoms with van der Waals surface area (Å²) in [6.45, 7) is 2.65. The van der Waals surface area contributed by atoms with Gasteiger partial charge in [-0.3, -0.25) is 5.41 Å². The number of rotatable bonds is 3. The first kappa shape index (κ1) is 12.1. The van der Waals surface area contributed by atoms with Crippen LogP contribution in [0.25, 0.3) is 0 Å². The Labute approximate surface area is 103 Å². The van der Waals surface area contributed by atoms with Crippen LogP contribution in [-0.4, -0.2) is 37.5 Å². The molecule has 1 aromatic rings. The molecule has 1 N–H and O–H groups in total. The largest absolute Gasteiger partial charge is 0.381 e. The van der Waals surface area contributed by atoms with Gasteiger partial charge in [-0.1, -0.05) is 30.3 Å². The quantitative estimate of drug-likeness (QED) is 0.641. The molecule has 0 aromatic heterocycles. The molecule has 0 amide bonds. The molecule has 1 aliphatic heterocycles. The molecule has 2 rings (SSSR count). The Morgan fingerprint density at radius 3 is 2.82 bits per heavy atom. The second-order valence-electron chi connectivity index (χ2n) is 4.68. The van der Waals surface area contributed by atoms with E-state index in [1.165, 1.54) is 6.42 Å². The van der Waals surface area contributed by atoms with E-state index in [1.807, 2.05) is 42.3 Å². The zero-order valence-corrected chi connectivity index (χ0v) is 10.4. The van der Waals surface area contributed by atoms with Crippen LogP contribution in [0, 0.1) is 11.3 Å². The number of hydrogen-bond donors (Lipinski definition) is 1. The fourth-order valence-corrected chi connectivity index (χ4v) is 2.25. The zero-order valence-electron chi connectivity index (χ0n) is 10.4. The van der Waals surface area contributed by atoms with Gasteiger partial charge in [-0.2, -0.15) is 0 Å². The highest BCUT2D eigenvalue weighted by molar-refractivity contribution is 5.96. The standard InChI is InChI=1S/C14H20N2O/c1-16(10-12-6-5-9-17-11-12)14(15)13-7-3-2-4-8-13/h2-4,7-8,12,15H,5-6,9-11H2,1H3. The molecule has 1 fully saturated rings. The lowest BCUT2D eigenvalue weighted by Crippen LogP contribution is -2.35. The molecular formula is C14H20N2O. The molecule has 0 spiro atoms. The van der Waals surface area contributed by atoms with E-state index in [1.54, 1.807) is 0 Å². The van der Waals surface area contributed by atoms with Crippen molar-refractivity contribution < 1.29 is 4.74 Å². The van der Waals surface area contributed by atoms with Crippen LogP contribution in [0.5, 0.6) is 0 Å². The summed E-state index contributed by atoms with van der Waals surface area (Å²) in [7, 11) is 1.99. The summed E-state index contributed by atoms with van der Waals surface area (Å²) >= 11 is 0. The normalized spacial score (nSPS) is 19.9. The van der Waals surface area contributed by atoms with Crippen LogP contribution in [-0.2, 0) is 4.74 Å². The molecule has 0 radical (unpaired) electrons. The molecule has 1 heterocycles. The minimum atomic E-state index is 0.567. The van der Waals surface area contributed by atoms with Crippen LogP contribution < -0.4 is 0 Å². The third-order valence-electron chi connectivity index (χ3n) is 3.22. The average molecular weight is 232 g/mol. The molecule has 17 heavy (non-hydrogen) atoms. The maximum atomic E-state index is 8.14. The van der Waals surface area contributed by atoms with Crippen LogP contribution in [0.2, 0.25) is 0 Å². The molecule has 1 unspecified atom stereocenters. The van der Waals surface area contributed by atoms with E-state index >= 15 is 0 Å². The zero-order chi connectivity index (χ0) is 12.1. The summed E-state index contributed by atoms with van der Waals surface area (Å²) in [6.07, 6.45) is 2.36. The van der Waals surface area contributed by atoms with Gasteiger partial charge in [0, 0.05) is 25.8 Å². The van der Waals surface area contributed by atoms with Gasteiger partial charge in [-0.05, 0) is 18.8 Å². The van der Waals surface area contributed by atoms with Gasteiger partial charge in [0.15, 0.2) is 0 Å². The Morgan fingerprint density at radius 2 is 2.18 bits per heavy atom. The van der Waals surface area contributed by atoms with E-state index in [2.05, 4.69) is 0 Å². The van der Waals surface area contributed by atoms with Crippen molar-refractivity contribution in [3.8, 4) is 0 Å². The minimum Gasteiger partial charge on any atom is -0.381 e. The lowest BCUT2D eigenvalue weighted by molar-refractivity contribution is 0.0485. The molecule has 1 atom stereocenters. The number of hydrogen-bond acceptors (Lipinski definition) is 2. The summed E-state index contributed by atoms with van der Waals surface area (Å²) in [5.74, 6) is 1.16. The van der Waals surface area contributed by atoms with Crippen LogP contribution in [0.4, 0.5) is 0 Å². The van der Waals surface area contributed by atoms with Crippen molar-refractivity contribution >= 4 is 5.84 Å². The molecule has 0 aliphatic carbocycles. The maximum Gasteiger partial charge on any atom is 0.127 e. The van der Waals surface area contributed by atoms with Gasteiger partial charge in [0.1, 0.15) is 5.84 Å². The lowest BCUT2D eigenvalue weighted by atomic mass is 10.0. The number of benzene rings is 1. The highest BCUT2D eigenvalue weighted by Gasteiger charge is 2.17. The number of nitrogens with one attached hydrogen (secondary N) is 1. The van der Waals surface area contributed by atoms with Gasteiger partial charge < -0.3 is 9.64 Å². The van der Waals surface area contributed by atoms with E-state index in [-0.39, 0.29) is 0 Å². The summed E-state index contributed by atoms with van der Waals surface area (Å²) in [5.41, 5.74) is 0.978. The molecule has 92 valence electrons. The first-order chi connectivity index (χ1) is 8.27. The van der Waals surface area contributed by atoms with E-state index in [0.29, 0.717) is 11.8 Å². The highest BCUT2D eigenvalue weighted by atomic mass is 16.5. The first-order valence-corrected chi connectivity index (χ1v) is 6.20. The summed E-state index contributed by atoms with van der Waals surface area (Å²) < 4.78 is 5.47. The van der Waals surface area contributed by atoms with E-state index < -0.39 is 0 Å². The van der Waals surface area contributed by atoms with Crippen molar-refractivity contribution in [2.75, 3.05) is 26.8 Å². The van der Waals surface area contributed by atoms with E-state index in [4.69, 9.17) is 10.1 Å². The molecular weight excluding hydrogens is 212 g/mol. The number of ether oxygens (including phenoxy) is 1. The van der Waals surface area contributed by atoms with Crippen LogP contribution in [0.3, 0.4) is 0 Å². The van der Waals surface area contributed by atoms with Crippen molar-refractivity contribution in [3.63, 3.8) is 0 Å². The fourth-order valence-electron chi connectivity index (χ4n) is 2.25. The van der Waals surface area contributed by atoms with Crippen molar-refractivity contribution in [1.29, 1.82) is 5.41 Å². The van der Waals surface area contributed by atoms with Crippen molar-refractivity contribution in [3.05, 3.63) is 35.9 Å². The van der Waals surface area contributed by atoms with Crippen LogP contribution in [0.1, 0.15) is 18.4 Å². The van der Waals surface area contributed by atoms with Gasteiger partial charge in [-0.25, -0.2) is 0 Å². The third kappa shape index (κ3) is 3.30. The van der Waals surface area contributed by atoms with Gasteiger partial charge in [-0.15, -0.1) is 0 Å². The third-order valence-corrected chi connectivity index (χ3v) is 3.22. The molecule has 0 saturated carbocycles. The molecule has 1 saturated heterocycles. The highest BCUT2D eigenvalue weighted by Crippen LogP contribution is 2.15. The van der Waals surface area contributed by atoms with Crippen LogP contribution >= 0.6 is 0 Å². The van der Waals surface area contributed by atoms with Gasteiger partial charge in [0.25, 0.3) is 0 Å². The van der Waals surface area contributed by atoms with Gasteiger partial charge >= 0.3 is 0 Å². The number of amidine groups is 1. The van der Waals surface area contributed by atoms with Gasteiger partial charge in [0.2, 0.25) is 0 Å². The molecule has 1 aromatic carbocycles. The second-order valence-corrected chi connectivity index (χ2v) is 4.68.